The maximum Gasteiger partial charge on any atom is 0.343 e. The molecule has 0 N–H and O–H groups in total. The summed E-state index contributed by atoms with van der Waals surface area (Å²) in [5.74, 6) is 0. The average molecular weight is 258 g/mol. The van der Waals surface area contributed by atoms with Gasteiger partial charge in [0.1, 0.15) is 5.69 Å². The van der Waals surface area contributed by atoms with Gasteiger partial charge in [-0.2, -0.15) is 8.78 Å². The Balaban J connectivity index is 2.94. The molecule has 0 amide bonds. The van der Waals surface area contributed by atoms with E-state index in [1.54, 1.807) is 0 Å². The Hall–Kier alpha value is -0.650. The minimum Gasteiger partial charge on any atom is -0.253 e. The molecule has 0 aromatic carbocycles. The number of hydrogen-bond acceptors (Lipinski definition) is 1. The normalized spacial score (nSPS) is 12.2. The van der Waals surface area contributed by atoms with Crippen molar-refractivity contribution < 1.29 is 17.6 Å². The zero-order chi connectivity index (χ0) is 10.1. The Labute approximate surface area is 79.9 Å². The minimum atomic E-state index is -3.27. The van der Waals surface area contributed by atoms with Gasteiger partial charge in [0.15, 0.2) is 0 Å². The van der Waals surface area contributed by atoms with Crippen LogP contribution < -0.4 is 0 Å². The van der Waals surface area contributed by atoms with Crippen molar-refractivity contribution >= 4 is 15.9 Å². The molecule has 0 bridgehead atoms. The van der Waals surface area contributed by atoms with E-state index in [9.17, 15) is 17.6 Å². The van der Waals surface area contributed by atoms with Crippen LogP contribution in [0.15, 0.2) is 18.3 Å². The highest BCUT2D eigenvalue weighted by molar-refractivity contribution is 9.09. The van der Waals surface area contributed by atoms with Crippen molar-refractivity contribution in [3.05, 3.63) is 29.6 Å². The van der Waals surface area contributed by atoms with Crippen LogP contribution in [0.4, 0.5) is 17.6 Å². The number of pyridine rings is 1. The summed E-state index contributed by atoms with van der Waals surface area (Å²) in [5, 5.41) is 0. The molecular formula is C7H4BrF4N. The predicted octanol–water partition coefficient (Wildman–Crippen LogP) is 3.46. The van der Waals surface area contributed by atoms with Crippen LogP contribution in [0.3, 0.4) is 0 Å². The van der Waals surface area contributed by atoms with Gasteiger partial charge < -0.3 is 0 Å². The van der Waals surface area contributed by atoms with Gasteiger partial charge in [0, 0.05) is 11.8 Å². The summed E-state index contributed by atoms with van der Waals surface area (Å²) >= 11 is 2.06. The van der Waals surface area contributed by atoms with E-state index in [0.29, 0.717) is 0 Å². The van der Waals surface area contributed by atoms with Crippen LogP contribution >= 0.6 is 15.9 Å². The Morgan fingerprint density at radius 3 is 2.23 bits per heavy atom. The van der Waals surface area contributed by atoms with Gasteiger partial charge in [-0.05, 0) is 28.1 Å². The number of alkyl halides is 5. The second kappa shape index (κ2) is 3.61. The monoisotopic (exact) mass is 257 g/mol. The maximum atomic E-state index is 12.5. The maximum absolute atomic E-state index is 12.5. The molecule has 1 nitrogen and oxygen atoms in total. The van der Waals surface area contributed by atoms with E-state index in [1.165, 1.54) is 0 Å². The van der Waals surface area contributed by atoms with E-state index in [4.69, 9.17) is 0 Å². The summed E-state index contributed by atoms with van der Waals surface area (Å²) < 4.78 is 48.8. The standard InChI is InChI=1S/C7H4BrF4N/c8-7(11,12)5-2-1-4(3-13-5)6(9)10/h1-3,6H. The van der Waals surface area contributed by atoms with Crippen LogP contribution in [0.2, 0.25) is 0 Å². The van der Waals surface area contributed by atoms with E-state index in [0.717, 1.165) is 18.3 Å². The lowest BCUT2D eigenvalue weighted by atomic mass is 10.2. The van der Waals surface area contributed by atoms with Crippen molar-refractivity contribution in [3.8, 4) is 0 Å². The van der Waals surface area contributed by atoms with Gasteiger partial charge in [-0.3, -0.25) is 4.98 Å². The topological polar surface area (TPSA) is 12.9 Å². The van der Waals surface area contributed by atoms with E-state index >= 15 is 0 Å². The highest BCUT2D eigenvalue weighted by Gasteiger charge is 2.28. The molecule has 0 saturated carbocycles. The molecule has 1 aromatic heterocycles. The van der Waals surface area contributed by atoms with Crippen LogP contribution in [-0.2, 0) is 4.83 Å². The third kappa shape index (κ3) is 2.65. The fourth-order valence-corrected chi connectivity index (χ4v) is 0.937. The molecule has 1 rings (SSSR count). The third-order valence-electron chi connectivity index (χ3n) is 1.33. The first-order valence-electron chi connectivity index (χ1n) is 3.22. The van der Waals surface area contributed by atoms with Gasteiger partial charge in [-0.1, -0.05) is 0 Å². The van der Waals surface area contributed by atoms with Crippen LogP contribution in [-0.4, -0.2) is 4.98 Å². The van der Waals surface area contributed by atoms with Crippen LogP contribution in [0.5, 0.6) is 0 Å². The summed E-state index contributed by atoms with van der Waals surface area (Å²) in [4.78, 5) is -0.0759. The van der Waals surface area contributed by atoms with Crippen molar-refractivity contribution in [1.82, 2.24) is 4.98 Å². The lowest BCUT2D eigenvalue weighted by molar-refractivity contribution is 0.108. The highest BCUT2D eigenvalue weighted by atomic mass is 79.9. The van der Waals surface area contributed by atoms with Gasteiger partial charge in [0.05, 0.1) is 0 Å². The number of hydrogen-bond donors (Lipinski definition) is 0. The molecule has 0 aliphatic rings. The number of rotatable bonds is 2. The van der Waals surface area contributed by atoms with Gasteiger partial charge in [-0.15, -0.1) is 0 Å². The fraction of sp³-hybridized carbons (Fsp3) is 0.286. The first-order valence-corrected chi connectivity index (χ1v) is 4.02. The molecular weight excluding hydrogens is 254 g/mol. The number of aromatic nitrogens is 1. The molecule has 1 aromatic rings. The van der Waals surface area contributed by atoms with E-state index < -0.39 is 17.0 Å². The number of nitrogens with zero attached hydrogens (tertiary/aromatic N) is 1. The molecule has 1 heterocycles. The Kier molecular flexibility index (Phi) is 2.90. The van der Waals surface area contributed by atoms with Crippen molar-refractivity contribution in [3.63, 3.8) is 0 Å². The molecule has 0 unspecified atom stereocenters. The Morgan fingerprint density at radius 2 is 1.92 bits per heavy atom. The van der Waals surface area contributed by atoms with E-state index in [1.807, 2.05) is 0 Å². The molecule has 0 fully saturated rings. The van der Waals surface area contributed by atoms with Crippen molar-refractivity contribution in [2.75, 3.05) is 0 Å². The molecule has 0 atom stereocenters. The smallest absolute Gasteiger partial charge is 0.253 e. The SMILES string of the molecule is FC(F)c1ccc(C(F)(F)Br)nc1. The molecule has 13 heavy (non-hydrogen) atoms. The summed E-state index contributed by atoms with van der Waals surface area (Å²) in [7, 11) is 0. The molecule has 0 aliphatic carbocycles. The average Bonchev–Trinajstić information content (AvgIpc) is 2.03. The zero-order valence-corrected chi connectivity index (χ0v) is 7.73. The highest BCUT2D eigenvalue weighted by Crippen LogP contribution is 2.33. The van der Waals surface area contributed by atoms with Crippen LogP contribution in [0, 0.1) is 0 Å². The number of halogens is 5. The van der Waals surface area contributed by atoms with Gasteiger partial charge in [-0.25, -0.2) is 8.78 Å². The quantitative estimate of drug-likeness (QED) is 0.584. The van der Waals surface area contributed by atoms with Gasteiger partial charge in [0.2, 0.25) is 0 Å². The summed E-state index contributed by atoms with van der Waals surface area (Å²) in [5.41, 5.74) is -0.961. The summed E-state index contributed by atoms with van der Waals surface area (Å²) in [6, 6.07) is 1.78. The van der Waals surface area contributed by atoms with E-state index in [2.05, 4.69) is 20.9 Å². The van der Waals surface area contributed by atoms with Gasteiger partial charge in [0.25, 0.3) is 6.43 Å². The second-order valence-electron chi connectivity index (χ2n) is 2.28. The fourth-order valence-electron chi connectivity index (χ4n) is 0.702. The molecule has 0 aliphatic heterocycles. The molecule has 6 heteroatoms. The zero-order valence-electron chi connectivity index (χ0n) is 6.15. The van der Waals surface area contributed by atoms with Crippen LogP contribution in [0.25, 0.3) is 0 Å². The second-order valence-corrected chi connectivity index (χ2v) is 3.27. The van der Waals surface area contributed by atoms with Crippen LogP contribution in [0.1, 0.15) is 17.7 Å². The molecule has 0 radical (unpaired) electrons. The molecule has 0 spiro atoms. The van der Waals surface area contributed by atoms with E-state index in [-0.39, 0.29) is 5.56 Å². The van der Waals surface area contributed by atoms with Crippen molar-refractivity contribution in [1.29, 1.82) is 0 Å². The first kappa shape index (κ1) is 10.4. The Bertz CT molecular complexity index is 280. The van der Waals surface area contributed by atoms with Gasteiger partial charge >= 0.3 is 4.83 Å². The minimum absolute atomic E-state index is 0.375. The molecule has 0 saturated heterocycles. The van der Waals surface area contributed by atoms with Crippen molar-refractivity contribution in [2.24, 2.45) is 0 Å². The lowest BCUT2D eigenvalue weighted by Gasteiger charge is -2.07. The summed E-state index contributed by atoms with van der Waals surface area (Å²) in [6.07, 6.45) is -1.96. The predicted molar refractivity (Wildman–Crippen MR) is 42.0 cm³/mol. The Morgan fingerprint density at radius 1 is 1.31 bits per heavy atom. The third-order valence-corrected chi connectivity index (χ3v) is 1.74. The largest absolute Gasteiger partial charge is 0.343 e. The first-order chi connectivity index (χ1) is 5.91. The molecule has 72 valence electrons. The lowest BCUT2D eigenvalue weighted by Crippen LogP contribution is -2.05. The van der Waals surface area contributed by atoms with Crippen molar-refractivity contribution in [2.45, 2.75) is 11.3 Å². The summed E-state index contributed by atoms with van der Waals surface area (Å²) in [6.45, 7) is 0.